The van der Waals surface area contributed by atoms with Crippen LogP contribution in [0.25, 0.3) is 0 Å². The smallest absolute Gasteiger partial charge is 0.316 e. The van der Waals surface area contributed by atoms with Gasteiger partial charge in [-0.3, -0.25) is 4.79 Å². The van der Waals surface area contributed by atoms with Gasteiger partial charge in [-0.15, -0.1) is 22.7 Å². The van der Waals surface area contributed by atoms with E-state index in [1.54, 1.807) is 43.7 Å². The van der Waals surface area contributed by atoms with E-state index in [1.807, 2.05) is 35.0 Å². The molecule has 7 heteroatoms. The molecule has 22 heavy (non-hydrogen) atoms. The second-order valence-electron chi connectivity index (χ2n) is 5.04. The zero-order valence-electron chi connectivity index (χ0n) is 12.7. The molecule has 0 aliphatic heterocycles. The van der Waals surface area contributed by atoms with E-state index in [4.69, 9.17) is 0 Å². The van der Waals surface area contributed by atoms with Crippen molar-refractivity contribution in [2.45, 2.75) is 19.0 Å². The van der Waals surface area contributed by atoms with Crippen LogP contribution in [0, 0.1) is 0 Å². The second kappa shape index (κ2) is 7.42. The van der Waals surface area contributed by atoms with Crippen molar-refractivity contribution >= 4 is 34.6 Å². The summed E-state index contributed by atoms with van der Waals surface area (Å²) in [6.45, 7) is 1.67. The average molecular weight is 337 g/mol. The van der Waals surface area contributed by atoms with Gasteiger partial charge in [-0.05, 0) is 29.8 Å². The van der Waals surface area contributed by atoms with E-state index in [9.17, 15) is 9.59 Å². The summed E-state index contributed by atoms with van der Waals surface area (Å²) in [5.74, 6) is -0.140. The normalized spacial score (nSPS) is 12.0. The summed E-state index contributed by atoms with van der Waals surface area (Å²) in [6.07, 6.45) is 0. The largest absolute Gasteiger partial charge is 0.347 e. The van der Waals surface area contributed by atoms with Gasteiger partial charge in [0.2, 0.25) is 5.91 Å². The zero-order chi connectivity index (χ0) is 16.1. The first kappa shape index (κ1) is 16.5. The van der Waals surface area contributed by atoms with Crippen molar-refractivity contribution in [2.24, 2.45) is 0 Å². The van der Waals surface area contributed by atoms with Crippen LogP contribution in [0.5, 0.6) is 0 Å². The average Bonchev–Trinajstić information content (AvgIpc) is 3.16. The Morgan fingerprint density at radius 3 is 2.00 bits per heavy atom. The van der Waals surface area contributed by atoms with Gasteiger partial charge in [0.15, 0.2) is 0 Å². The first-order chi connectivity index (χ1) is 10.5. The van der Waals surface area contributed by atoms with E-state index >= 15 is 0 Å². The Balaban J connectivity index is 2.05. The van der Waals surface area contributed by atoms with Crippen LogP contribution in [0.4, 0.5) is 4.79 Å². The van der Waals surface area contributed by atoms with Crippen LogP contribution in [0.15, 0.2) is 35.0 Å². The Morgan fingerprint density at radius 2 is 1.59 bits per heavy atom. The SMILES string of the molecule is C[C@@H](NC(=O)NC(c1cccs1)c1cccs1)C(=O)N(C)C. The summed E-state index contributed by atoms with van der Waals surface area (Å²) < 4.78 is 0. The third-order valence-corrected chi connectivity index (χ3v) is 4.96. The van der Waals surface area contributed by atoms with Gasteiger partial charge in [0.1, 0.15) is 6.04 Å². The number of carbonyl (C=O) groups excluding carboxylic acids is 2. The lowest BCUT2D eigenvalue weighted by molar-refractivity contribution is -0.130. The number of thiophene rings is 2. The van der Waals surface area contributed by atoms with Crippen molar-refractivity contribution in [1.29, 1.82) is 0 Å². The predicted molar refractivity (Wildman–Crippen MR) is 90.3 cm³/mol. The lowest BCUT2D eigenvalue weighted by Gasteiger charge is -2.21. The fraction of sp³-hybridized carbons (Fsp3) is 0.333. The molecule has 1 atom stereocenters. The molecule has 2 aromatic rings. The highest BCUT2D eigenvalue weighted by Crippen LogP contribution is 2.28. The fourth-order valence-corrected chi connectivity index (χ4v) is 3.67. The van der Waals surface area contributed by atoms with Gasteiger partial charge in [-0.1, -0.05) is 12.1 Å². The number of urea groups is 1. The Kier molecular flexibility index (Phi) is 5.57. The molecule has 0 aliphatic carbocycles. The monoisotopic (exact) mass is 337 g/mol. The van der Waals surface area contributed by atoms with Crippen molar-refractivity contribution in [2.75, 3.05) is 14.1 Å². The molecule has 0 unspecified atom stereocenters. The first-order valence-corrected chi connectivity index (χ1v) is 8.60. The second-order valence-corrected chi connectivity index (χ2v) is 6.99. The summed E-state index contributed by atoms with van der Waals surface area (Å²) in [7, 11) is 3.33. The van der Waals surface area contributed by atoms with Crippen molar-refractivity contribution in [1.82, 2.24) is 15.5 Å². The number of carbonyl (C=O) groups is 2. The molecule has 0 radical (unpaired) electrons. The molecule has 2 N–H and O–H groups in total. The van der Waals surface area contributed by atoms with Crippen molar-refractivity contribution < 1.29 is 9.59 Å². The molecule has 0 fully saturated rings. The highest BCUT2D eigenvalue weighted by molar-refractivity contribution is 7.11. The maximum atomic E-state index is 12.2. The van der Waals surface area contributed by atoms with E-state index in [2.05, 4.69) is 10.6 Å². The molecule has 2 heterocycles. The molecule has 0 aromatic carbocycles. The molecule has 0 aliphatic rings. The van der Waals surface area contributed by atoms with Crippen LogP contribution in [0.2, 0.25) is 0 Å². The lowest BCUT2D eigenvalue weighted by Crippen LogP contribution is -2.48. The maximum absolute atomic E-state index is 12.2. The van der Waals surface area contributed by atoms with E-state index < -0.39 is 6.04 Å². The topological polar surface area (TPSA) is 61.4 Å². The summed E-state index contributed by atoms with van der Waals surface area (Å²) >= 11 is 3.18. The molecule has 0 spiro atoms. The predicted octanol–water partition coefficient (Wildman–Crippen LogP) is 2.67. The van der Waals surface area contributed by atoms with Gasteiger partial charge < -0.3 is 15.5 Å². The van der Waals surface area contributed by atoms with E-state index in [0.29, 0.717) is 0 Å². The number of hydrogen-bond donors (Lipinski definition) is 2. The number of nitrogens with zero attached hydrogens (tertiary/aromatic N) is 1. The summed E-state index contributed by atoms with van der Waals surface area (Å²) in [5.41, 5.74) is 0. The van der Waals surface area contributed by atoms with E-state index in [1.165, 1.54) is 4.90 Å². The minimum atomic E-state index is -0.567. The van der Waals surface area contributed by atoms with Crippen LogP contribution >= 0.6 is 22.7 Å². The Morgan fingerprint density at radius 1 is 1.05 bits per heavy atom. The van der Waals surface area contributed by atoms with Gasteiger partial charge in [0.05, 0.1) is 6.04 Å². The van der Waals surface area contributed by atoms with E-state index in [-0.39, 0.29) is 18.0 Å². The van der Waals surface area contributed by atoms with Crippen LogP contribution in [-0.4, -0.2) is 37.0 Å². The third kappa shape index (κ3) is 4.08. The molecule has 3 amide bonds. The Labute approximate surface area is 138 Å². The molecule has 0 saturated carbocycles. The Hall–Kier alpha value is -1.86. The molecule has 0 saturated heterocycles. The Bertz CT molecular complexity index is 575. The van der Waals surface area contributed by atoms with Gasteiger partial charge in [-0.2, -0.15) is 0 Å². The van der Waals surface area contributed by atoms with Gasteiger partial charge >= 0.3 is 6.03 Å². The quantitative estimate of drug-likeness (QED) is 0.881. The molecular formula is C15H19N3O2S2. The molecular weight excluding hydrogens is 318 g/mol. The molecule has 2 aromatic heterocycles. The fourth-order valence-electron chi connectivity index (χ4n) is 2.01. The molecule has 0 bridgehead atoms. The van der Waals surface area contributed by atoms with Crippen LogP contribution in [0.1, 0.15) is 22.7 Å². The summed E-state index contributed by atoms with van der Waals surface area (Å²) in [4.78, 5) is 27.6. The van der Waals surface area contributed by atoms with Crippen molar-refractivity contribution in [3.63, 3.8) is 0 Å². The molecule has 118 valence electrons. The minimum absolute atomic E-state index is 0.140. The highest BCUT2D eigenvalue weighted by atomic mass is 32.1. The number of nitrogens with one attached hydrogen (secondary N) is 2. The highest BCUT2D eigenvalue weighted by Gasteiger charge is 2.22. The lowest BCUT2D eigenvalue weighted by atomic mass is 10.2. The zero-order valence-corrected chi connectivity index (χ0v) is 14.3. The first-order valence-electron chi connectivity index (χ1n) is 6.84. The maximum Gasteiger partial charge on any atom is 0.316 e. The minimum Gasteiger partial charge on any atom is -0.347 e. The number of likely N-dealkylation sites (N-methyl/N-ethyl adjacent to an activating group) is 1. The summed E-state index contributed by atoms with van der Waals surface area (Å²) in [5, 5.41) is 9.59. The number of hydrogen-bond acceptors (Lipinski definition) is 4. The van der Waals surface area contributed by atoms with Crippen molar-refractivity contribution in [3.8, 4) is 0 Å². The number of rotatable bonds is 5. The third-order valence-electron chi connectivity index (χ3n) is 3.09. The van der Waals surface area contributed by atoms with Gasteiger partial charge in [0.25, 0.3) is 0 Å². The number of amides is 3. The van der Waals surface area contributed by atoms with Crippen LogP contribution in [-0.2, 0) is 4.79 Å². The van der Waals surface area contributed by atoms with Gasteiger partial charge in [0, 0.05) is 23.8 Å². The van der Waals surface area contributed by atoms with Crippen LogP contribution < -0.4 is 10.6 Å². The molecule has 5 nitrogen and oxygen atoms in total. The van der Waals surface area contributed by atoms with Crippen LogP contribution in [0.3, 0.4) is 0 Å². The van der Waals surface area contributed by atoms with Crippen molar-refractivity contribution in [3.05, 3.63) is 44.8 Å². The molecule has 2 rings (SSSR count). The van der Waals surface area contributed by atoms with E-state index in [0.717, 1.165) is 9.75 Å². The summed E-state index contributed by atoms with van der Waals surface area (Å²) in [6, 6.07) is 6.78. The standard InChI is InChI=1S/C15H19N3O2S2/c1-10(14(19)18(2)3)16-15(20)17-13(11-6-4-8-21-11)12-7-5-9-22-12/h4-10,13H,1-3H3,(H2,16,17,20)/t10-/m1/s1. The van der Waals surface area contributed by atoms with Gasteiger partial charge in [-0.25, -0.2) is 4.79 Å².